The zero-order chi connectivity index (χ0) is 30.4. The predicted molar refractivity (Wildman–Crippen MR) is 157 cm³/mol. The highest BCUT2D eigenvalue weighted by atomic mass is 32.2. The van der Waals surface area contributed by atoms with Crippen molar-refractivity contribution >= 4 is 44.4 Å². The van der Waals surface area contributed by atoms with Crippen molar-refractivity contribution in [3.05, 3.63) is 46.5 Å². The van der Waals surface area contributed by atoms with Gasteiger partial charge in [0.1, 0.15) is 10.4 Å². The molecule has 2 N–H and O–H groups in total. The van der Waals surface area contributed by atoms with Gasteiger partial charge in [0.05, 0.1) is 40.5 Å². The van der Waals surface area contributed by atoms with Crippen molar-refractivity contribution in [1.29, 1.82) is 0 Å². The van der Waals surface area contributed by atoms with Crippen LogP contribution < -0.4 is 15.5 Å². The first-order chi connectivity index (χ1) is 21.0. The molecule has 0 atom stereocenters. The third-order valence-electron chi connectivity index (χ3n) is 9.19. The molecule has 0 radical (unpaired) electrons. The van der Waals surface area contributed by atoms with Crippen molar-refractivity contribution in [1.82, 2.24) is 20.2 Å². The van der Waals surface area contributed by atoms with Gasteiger partial charge in [0.2, 0.25) is 5.95 Å². The minimum atomic E-state index is -4.81. The molecule has 8 rings (SSSR count). The summed E-state index contributed by atoms with van der Waals surface area (Å²) in [5.41, 5.74) is 1.70. The number of amides is 1. The highest BCUT2D eigenvalue weighted by Gasteiger charge is 2.48. The summed E-state index contributed by atoms with van der Waals surface area (Å²) >= 11 is 0.712. The Bertz CT molecular complexity index is 1780. The molecule has 1 aromatic carbocycles. The number of benzene rings is 1. The molecular formula is C29H29F3N6O4S2. The van der Waals surface area contributed by atoms with Gasteiger partial charge in [-0.2, -0.15) is 13.2 Å². The van der Waals surface area contributed by atoms with E-state index >= 15 is 0 Å². The lowest BCUT2D eigenvalue weighted by atomic mass is 9.74. The number of sulfone groups is 1. The van der Waals surface area contributed by atoms with Crippen LogP contribution in [0.15, 0.2) is 35.4 Å². The smallest absolute Gasteiger partial charge is 0.377 e. The second kappa shape index (κ2) is 9.86. The van der Waals surface area contributed by atoms with Gasteiger partial charge in [-0.05, 0) is 48.6 Å². The van der Waals surface area contributed by atoms with Crippen molar-refractivity contribution < 1.29 is 31.1 Å². The molecule has 1 amide bonds. The number of hydrogen-bond acceptors (Lipinski definition) is 10. The number of aromatic nitrogens is 2. The quantitative estimate of drug-likeness (QED) is 0.412. The molecular weight excluding hydrogens is 617 g/mol. The van der Waals surface area contributed by atoms with Crippen molar-refractivity contribution in [3.63, 3.8) is 0 Å². The topological polar surface area (TPSA) is 117 Å². The van der Waals surface area contributed by atoms with Gasteiger partial charge in [-0.15, -0.1) is 11.3 Å². The Morgan fingerprint density at radius 2 is 1.91 bits per heavy atom. The van der Waals surface area contributed by atoms with Crippen molar-refractivity contribution in [3.8, 4) is 10.6 Å². The summed E-state index contributed by atoms with van der Waals surface area (Å²) in [5, 5.41) is 6.48. The lowest BCUT2D eigenvalue weighted by Crippen LogP contribution is -2.71. The highest BCUT2D eigenvalue weighted by Crippen LogP contribution is 2.47. The Hall–Kier alpha value is -3.27. The maximum Gasteiger partial charge on any atom is 0.420 e. The number of fused-ring (bicyclic) bond motifs is 1. The number of nitrogens with one attached hydrogen (secondary N) is 2. The van der Waals surface area contributed by atoms with E-state index in [1.54, 1.807) is 0 Å². The van der Waals surface area contributed by atoms with Crippen LogP contribution in [-0.4, -0.2) is 86.9 Å². The van der Waals surface area contributed by atoms with E-state index in [4.69, 9.17) is 4.74 Å². The van der Waals surface area contributed by atoms with Gasteiger partial charge in [0.25, 0.3) is 5.91 Å². The van der Waals surface area contributed by atoms with Gasteiger partial charge in [0.15, 0.2) is 9.84 Å². The molecule has 1 saturated carbocycles. The van der Waals surface area contributed by atoms with E-state index < -0.39 is 33.2 Å². The number of anilines is 3. The van der Waals surface area contributed by atoms with Gasteiger partial charge >= 0.3 is 6.18 Å². The number of ether oxygens (including phenoxy) is 1. The van der Waals surface area contributed by atoms with E-state index in [0.717, 1.165) is 62.0 Å². The van der Waals surface area contributed by atoms with Crippen LogP contribution in [0.1, 0.15) is 39.6 Å². The number of nitrogens with zero attached hydrogens (tertiary/aromatic N) is 4. The van der Waals surface area contributed by atoms with Gasteiger partial charge in [0, 0.05) is 55.7 Å². The summed E-state index contributed by atoms with van der Waals surface area (Å²) < 4.78 is 74.1. The third-order valence-corrected chi connectivity index (χ3v) is 12.2. The fourth-order valence-corrected chi connectivity index (χ4v) is 9.30. The standard InChI is InChI=1S/C29H29F3N6O4S2/c30-29(31,32)20-9-34-27(35-21-4-3-17(7-19(21)16-1-2-16)37-14-28(15-37)12-33-13-28)36-24(20)22-8-23-25(43-22)26(39)38(18-10-42-11-18)5-6-44(23,40)41/h3-4,7-9,16,18,33H,1-2,5-6,10-15H2,(H,34,35,36). The second-order valence-corrected chi connectivity index (χ2v) is 15.5. The molecule has 1 aliphatic carbocycles. The van der Waals surface area contributed by atoms with E-state index in [1.807, 2.05) is 12.1 Å². The first kappa shape index (κ1) is 28.2. The van der Waals surface area contributed by atoms with E-state index in [2.05, 4.69) is 31.6 Å². The molecule has 15 heteroatoms. The monoisotopic (exact) mass is 646 g/mol. The summed E-state index contributed by atoms with van der Waals surface area (Å²) in [6.07, 6.45) is -2.04. The molecule has 0 unspecified atom stereocenters. The van der Waals surface area contributed by atoms with Crippen molar-refractivity contribution in [2.45, 2.75) is 35.9 Å². The minimum absolute atomic E-state index is 0.000734. The predicted octanol–water partition coefficient (Wildman–Crippen LogP) is 3.88. The average Bonchev–Trinajstić information content (AvgIpc) is 3.65. The first-order valence-electron chi connectivity index (χ1n) is 14.6. The fourth-order valence-electron chi connectivity index (χ4n) is 6.38. The molecule has 5 aliphatic rings. The number of hydrogen-bond donors (Lipinski definition) is 2. The number of rotatable bonds is 6. The molecule has 10 nitrogen and oxygen atoms in total. The molecule has 3 saturated heterocycles. The zero-order valence-corrected chi connectivity index (χ0v) is 25.1. The summed E-state index contributed by atoms with van der Waals surface area (Å²) in [5.74, 6) is -0.546. The molecule has 1 spiro atoms. The second-order valence-electron chi connectivity index (χ2n) is 12.4. The average molecular weight is 647 g/mol. The van der Waals surface area contributed by atoms with Crippen molar-refractivity contribution in [2.24, 2.45) is 5.41 Å². The van der Waals surface area contributed by atoms with Crippen LogP contribution in [0.5, 0.6) is 0 Å². The van der Waals surface area contributed by atoms with Crippen LogP contribution in [0.2, 0.25) is 0 Å². The maximum atomic E-state index is 14.2. The SMILES string of the molecule is O=C1c2sc(-c3nc(Nc4ccc(N5CC6(CNC6)C5)cc4C4CC4)ncc3C(F)(F)F)cc2S(=O)(=O)CCN1C1COC1. The van der Waals surface area contributed by atoms with Gasteiger partial charge in [-0.3, -0.25) is 4.79 Å². The van der Waals surface area contributed by atoms with Crippen molar-refractivity contribution in [2.75, 3.05) is 61.9 Å². The lowest BCUT2D eigenvalue weighted by Gasteiger charge is -2.57. The van der Waals surface area contributed by atoms with Crippen LogP contribution in [0.25, 0.3) is 10.6 Å². The molecule has 6 heterocycles. The number of carbonyl (C=O) groups excluding carboxylic acids is 1. The number of thiophene rings is 1. The summed E-state index contributed by atoms with van der Waals surface area (Å²) in [6, 6.07) is 6.96. The zero-order valence-electron chi connectivity index (χ0n) is 23.5. The summed E-state index contributed by atoms with van der Waals surface area (Å²) in [7, 11) is -3.92. The normalized spacial score (nSPS) is 22.6. The Labute approximate surface area is 255 Å². The number of alkyl halides is 3. The number of halogens is 3. The Balaban J connectivity index is 1.14. The first-order valence-corrected chi connectivity index (χ1v) is 17.0. The Kier molecular flexibility index (Phi) is 6.33. The minimum Gasteiger partial charge on any atom is -0.377 e. The van der Waals surface area contributed by atoms with Crippen LogP contribution >= 0.6 is 11.3 Å². The maximum absolute atomic E-state index is 14.2. The van der Waals surface area contributed by atoms with Gasteiger partial charge in [-0.25, -0.2) is 18.4 Å². The Morgan fingerprint density at radius 3 is 2.55 bits per heavy atom. The van der Waals surface area contributed by atoms with Crippen LogP contribution in [0, 0.1) is 5.41 Å². The highest BCUT2D eigenvalue weighted by molar-refractivity contribution is 7.91. The van der Waals surface area contributed by atoms with Gasteiger partial charge < -0.3 is 25.2 Å². The Morgan fingerprint density at radius 1 is 1.14 bits per heavy atom. The summed E-state index contributed by atoms with van der Waals surface area (Å²) in [4.78, 5) is 25.0. The fraction of sp³-hybridized carbons (Fsp3) is 0.483. The largest absolute Gasteiger partial charge is 0.420 e. The van der Waals surface area contributed by atoms with Crippen LogP contribution in [0.4, 0.5) is 30.5 Å². The van der Waals surface area contributed by atoms with E-state index in [1.165, 1.54) is 4.90 Å². The van der Waals surface area contributed by atoms with Crippen LogP contribution in [-0.2, 0) is 20.8 Å². The van der Waals surface area contributed by atoms with Crippen LogP contribution in [0.3, 0.4) is 0 Å². The van der Waals surface area contributed by atoms with E-state index in [0.29, 0.717) is 42.1 Å². The summed E-state index contributed by atoms with van der Waals surface area (Å²) in [6.45, 7) is 4.64. The molecule has 0 bridgehead atoms. The number of carbonyl (C=O) groups is 1. The molecule has 2 aromatic heterocycles. The molecule has 44 heavy (non-hydrogen) atoms. The molecule has 4 fully saturated rings. The molecule has 4 aliphatic heterocycles. The third kappa shape index (κ3) is 4.75. The molecule has 232 valence electrons. The lowest BCUT2D eigenvalue weighted by molar-refractivity contribution is -0.137. The molecule has 3 aromatic rings. The van der Waals surface area contributed by atoms with Gasteiger partial charge in [-0.1, -0.05) is 0 Å². The van der Waals surface area contributed by atoms with E-state index in [-0.39, 0.29) is 38.9 Å². The van der Waals surface area contributed by atoms with E-state index in [9.17, 15) is 26.4 Å².